The molecule has 2 rings (SSSR count). The number of benzene rings is 1. The number of aromatic nitrogens is 2. The zero-order valence-electron chi connectivity index (χ0n) is 12.6. The number of fused-ring (bicyclic) bond motifs is 1. The van der Waals surface area contributed by atoms with E-state index in [1.807, 2.05) is 6.07 Å². The van der Waals surface area contributed by atoms with Gasteiger partial charge in [0.25, 0.3) is 0 Å². The highest BCUT2D eigenvalue weighted by Gasteiger charge is 2.19. The monoisotopic (exact) mass is 274 g/mol. The lowest BCUT2D eigenvalue weighted by atomic mass is 10.1. The van der Waals surface area contributed by atoms with Crippen LogP contribution in [0.25, 0.3) is 11.0 Å². The second-order valence-electron chi connectivity index (χ2n) is 5.94. The molecule has 0 saturated carbocycles. The van der Waals surface area contributed by atoms with E-state index >= 15 is 0 Å². The van der Waals surface area contributed by atoms with E-state index in [0.29, 0.717) is 11.5 Å². The maximum Gasteiger partial charge on any atom is 0.337 e. The van der Waals surface area contributed by atoms with E-state index in [-0.39, 0.29) is 5.92 Å². The van der Waals surface area contributed by atoms with Crippen molar-refractivity contribution in [3.8, 4) is 0 Å². The van der Waals surface area contributed by atoms with Crippen LogP contribution in [0.2, 0.25) is 0 Å². The molecule has 0 amide bonds. The summed E-state index contributed by atoms with van der Waals surface area (Å²) in [5.41, 5.74) is 1.87. The lowest BCUT2D eigenvalue weighted by Crippen LogP contribution is -2.10. The van der Waals surface area contributed by atoms with Crippen LogP contribution in [0.4, 0.5) is 0 Å². The first-order chi connectivity index (χ1) is 9.41. The summed E-state index contributed by atoms with van der Waals surface area (Å²) in [5.74, 6) is 0.923. The van der Waals surface area contributed by atoms with Gasteiger partial charge in [0.15, 0.2) is 0 Å². The molecule has 2 aromatic rings. The van der Waals surface area contributed by atoms with Gasteiger partial charge in [-0.3, -0.25) is 0 Å². The number of hydrogen-bond donors (Lipinski definition) is 1. The maximum absolute atomic E-state index is 11.4. The Morgan fingerprint density at radius 3 is 2.55 bits per heavy atom. The molecule has 1 aromatic carbocycles. The van der Waals surface area contributed by atoms with E-state index in [2.05, 4.69) is 37.2 Å². The SMILES string of the molecule is CC(C)CCn1c(C(C)C)nc2cccc(C(=O)O)c21. The van der Waals surface area contributed by atoms with Crippen molar-refractivity contribution in [3.05, 3.63) is 29.6 Å². The summed E-state index contributed by atoms with van der Waals surface area (Å²) in [6, 6.07) is 5.30. The quantitative estimate of drug-likeness (QED) is 0.899. The molecule has 0 aliphatic rings. The van der Waals surface area contributed by atoms with Crippen LogP contribution in [0.3, 0.4) is 0 Å². The van der Waals surface area contributed by atoms with E-state index in [0.717, 1.165) is 29.8 Å². The summed E-state index contributed by atoms with van der Waals surface area (Å²) in [6.07, 6.45) is 1.01. The molecule has 0 atom stereocenters. The minimum atomic E-state index is -0.892. The number of aryl methyl sites for hydroxylation is 1. The molecule has 1 N–H and O–H groups in total. The number of hydrogen-bond acceptors (Lipinski definition) is 2. The summed E-state index contributed by atoms with van der Waals surface area (Å²) >= 11 is 0. The van der Waals surface area contributed by atoms with Crippen LogP contribution >= 0.6 is 0 Å². The summed E-state index contributed by atoms with van der Waals surface area (Å²) < 4.78 is 2.09. The van der Waals surface area contributed by atoms with Crippen molar-refractivity contribution in [3.63, 3.8) is 0 Å². The molecule has 0 unspecified atom stereocenters. The largest absolute Gasteiger partial charge is 0.478 e. The lowest BCUT2D eigenvalue weighted by molar-refractivity contribution is 0.0698. The van der Waals surface area contributed by atoms with Crippen molar-refractivity contribution in [1.29, 1.82) is 0 Å². The van der Waals surface area contributed by atoms with Crippen LogP contribution < -0.4 is 0 Å². The minimum absolute atomic E-state index is 0.274. The minimum Gasteiger partial charge on any atom is -0.478 e. The second kappa shape index (κ2) is 5.65. The van der Waals surface area contributed by atoms with Gasteiger partial charge >= 0.3 is 5.97 Å². The average Bonchev–Trinajstić information content (AvgIpc) is 2.74. The lowest BCUT2D eigenvalue weighted by Gasteiger charge is -2.13. The van der Waals surface area contributed by atoms with Gasteiger partial charge in [-0.05, 0) is 24.5 Å². The normalized spacial score (nSPS) is 11.7. The predicted molar refractivity (Wildman–Crippen MR) is 80.2 cm³/mol. The first-order valence-corrected chi connectivity index (χ1v) is 7.14. The summed E-state index contributed by atoms with van der Waals surface area (Å²) in [6.45, 7) is 9.34. The Kier molecular flexibility index (Phi) is 4.12. The molecule has 0 aliphatic carbocycles. The third-order valence-corrected chi connectivity index (χ3v) is 3.47. The van der Waals surface area contributed by atoms with Gasteiger partial charge in [0, 0.05) is 12.5 Å². The highest BCUT2D eigenvalue weighted by Crippen LogP contribution is 2.25. The van der Waals surface area contributed by atoms with Gasteiger partial charge in [-0.15, -0.1) is 0 Å². The van der Waals surface area contributed by atoms with Gasteiger partial charge in [-0.1, -0.05) is 33.8 Å². The zero-order valence-corrected chi connectivity index (χ0v) is 12.6. The fraction of sp³-hybridized carbons (Fsp3) is 0.500. The number of carboxylic acids is 1. The number of para-hydroxylation sites is 1. The van der Waals surface area contributed by atoms with Crippen LogP contribution in [-0.2, 0) is 6.54 Å². The van der Waals surface area contributed by atoms with E-state index < -0.39 is 5.97 Å². The molecular weight excluding hydrogens is 252 g/mol. The Labute approximate surface area is 119 Å². The fourth-order valence-corrected chi connectivity index (χ4v) is 2.43. The molecule has 0 fully saturated rings. The Morgan fingerprint density at radius 1 is 1.30 bits per heavy atom. The van der Waals surface area contributed by atoms with Crippen LogP contribution in [0.15, 0.2) is 18.2 Å². The van der Waals surface area contributed by atoms with Crippen molar-refractivity contribution in [2.45, 2.75) is 46.6 Å². The molecule has 0 bridgehead atoms. The number of rotatable bonds is 5. The Bertz CT molecular complexity index is 627. The Hall–Kier alpha value is -1.84. The fourth-order valence-electron chi connectivity index (χ4n) is 2.43. The summed E-state index contributed by atoms with van der Waals surface area (Å²) in [4.78, 5) is 16.1. The van der Waals surface area contributed by atoms with Gasteiger partial charge in [-0.2, -0.15) is 0 Å². The van der Waals surface area contributed by atoms with Crippen molar-refractivity contribution in [2.75, 3.05) is 0 Å². The smallest absolute Gasteiger partial charge is 0.337 e. The first-order valence-electron chi connectivity index (χ1n) is 7.14. The van der Waals surface area contributed by atoms with Crippen molar-refractivity contribution in [2.24, 2.45) is 5.92 Å². The molecule has 0 saturated heterocycles. The van der Waals surface area contributed by atoms with Gasteiger partial charge in [0.1, 0.15) is 5.82 Å². The Morgan fingerprint density at radius 2 is 2.00 bits per heavy atom. The zero-order chi connectivity index (χ0) is 14.9. The van der Waals surface area contributed by atoms with Crippen LogP contribution in [0.1, 0.15) is 56.2 Å². The standard InChI is InChI=1S/C16H22N2O2/c1-10(2)8-9-18-14-12(16(19)20)6-5-7-13(14)17-15(18)11(3)4/h5-7,10-11H,8-9H2,1-4H3,(H,19,20). The predicted octanol–water partition coefficient (Wildman–Crippen LogP) is 3.90. The molecule has 0 radical (unpaired) electrons. The highest BCUT2D eigenvalue weighted by atomic mass is 16.4. The highest BCUT2D eigenvalue weighted by molar-refractivity contribution is 6.01. The van der Waals surface area contributed by atoms with Crippen molar-refractivity contribution in [1.82, 2.24) is 9.55 Å². The van der Waals surface area contributed by atoms with Gasteiger partial charge in [0.2, 0.25) is 0 Å². The number of carboxylic acid groups (broad SMARTS) is 1. The number of aromatic carboxylic acids is 1. The molecule has 4 heteroatoms. The molecular formula is C16H22N2O2. The third-order valence-electron chi connectivity index (χ3n) is 3.47. The molecule has 20 heavy (non-hydrogen) atoms. The summed E-state index contributed by atoms with van der Waals surface area (Å²) in [5, 5.41) is 9.39. The second-order valence-corrected chi connectivity index (χ2v) is 5.94. The van der Waals surface area contributed by atoms with E-state index in [1.54, 1.807) is 12.1 Å². The van der Waals surface area contributed by atoms with E-state index in [9.17, 15) is 9.90 Å². The van der Waals surface area contributed by atoms with E-state index in [4.69, 9.17) is 0 Å². The third kappa shape index (κ3) is 2.69. The number of carbonyl (C=O) groups is 1. The molecule has 4 nitrogen and oxygen atoms in total. The molecule has 1 aromatic heterocycles. The van der Waals surface area contributed by atoms with Gasteiger partial charge < -0.3 is 9.67 Å². The molecule has 0 aliphatic heterocycles. The van der Waals surface area contributed by atoms with Gasteiger partial charge in [0.05, 0.1) is 16.6 Å². The first kappa shape index (κ1) is 14.6. The molecule has 0 spiro atoms. The topological polar surface area (TPSA) is 55.1 Å². The van der Waals surface area contributed by atoms with Crippen molar-refractivity contribution >= 4 is 17.0 Å². The maximum atomic E-state index is 11.4. The van der Waals surface area contributed by atoms with Crippen LogP contribution in [0, 0.1) is 5.92 Å². The van der Waals surface area contributed by atoms with Crippen LogP contribution in [0.5, 0.6) is 0 Å². The van der Waals surface area contributed by atoms with E-state index in [1.165, 1.54) is 0 Å². The number of imidazole rings is 1. The van der Waals surface area contributed by atoms with Gasteiger partial charge in [-0.25, -0.2) is 9.78 Å². The van der Waals surface area contributed by atoms with Crippen LogP contribution in [-0.4, -0.2) is 20.6 Å². The average molecular weight is 274 g/mol. The summed E-state index contributed by atoms with van der Waals surface area (Å²) in [7, 11) is 0. The van der Waals surface area contributed by atoms with Crippen molar-refractivity contribution < 1.29 is 9.90 Å². The Balaban J connectivity index is 2.64. The molecule has 1 heterocycles. The molecule has 108 valence electrons. The number of nitrogens with zero attached hydrogens (tertiary/aromatic N) is 2.